The molecule has 0 radical (unpaired) electrons. The Morgan fingerprint density at radius 1 is 0.781 bits per heavy atom. The smallest absolute Gasteiger partial charge is 0.192 e. The summed E-state index contributed by atoms with van der Waals surface area (Å²) in [7, 11) is 0. The summed E-state index contributed by atoms with van der Waals surface area (Å²) in [5.74, 6) is 0.323. The van der Waals surface area contributed by atoms with Crippen molar-refractivity contribution < 1.29 is 4.57 Å². The molecule has 7 rings (SSSR count). The molecule has 1 atom stereocenters. The summed E-state index contributed by atoms with van der Waals surface area (Å²) in [5.41, 5.74) is 17.9. The zero-order valence-electron chi connectivity index (χ0n) is 19.3. The molecule has 0 spiro atoms. The van der Waals surface area contributed by atoms with Crippen molar-refractivity contribution in [2.24, 2.45) is 0 Å². The fraction of sp³-hybridized carbons (Fsp3) is 0.258. The maximum atomic E-state index is 2.57. The molecule has 0 saturated carbocycles. The first-order valence-corrected chi connectivity index (χ1v) is 11.8. The predicted octanol–water partition coefficient (Wildman–Crippen LogP) is 6.34. The lowest BCUT2D eigenvalue weighted by Gasteiger charge is -2.34. The Labute approximate surface area is 190 Å². The monoisotopic (exact) mass is 414 g/mol. The van der Waals surface area contributed by atoms with Gasteiger partial charge in [0.15, 0.2) is 11.7 Å². The highest BCUT2D eigenvalue weighted by Crippen LogP contribution is 2.54. The van der Waals surface area contributed by atoms with E-state index < -0.39 is 0 Å². The molecule has 3 aliphatic rings. The fourth-order valence-corrected chi connectivity index (χ4v) is 7.09. The minimum absolute atomic E-state index is 0.0632. The van der Waals surface area contributed by atoms with Gasteiger partial charge in [0.25, 0.3) is 0 Å². The van der Waals surface area contributed by atoms with Crippen LogP contribution in [0.25, 0.3) is 11.1 Å². The SMILES string of the molecule is Cc1cc2c(c3c1Cc1ccccc1C3)C1c3cccc(C)c3C(C)(C)[n+]3cccc-2c31. The zero-order chi connectivity index (χ0) is 21.8. The molecule has 0 N–H and O–H groups in total. The van der Waals surface area contributed by atoms with Gasteiger partial charge >= 0.3 is 0 Å². The van der Waals surface area contributed by atoms with Crippen LogP contribution in [0.5, 0.6) is 0 Å². The number of aryl methyl sites for hydroxylation is 2. The quantitative estimate of drug-likeness (QED) is 0.255. The first-order valence-electron chi connectivity index (χ1n) is 11.8. The van der Waals surface area contributed by atoms with Crippen molar-refractivity contribution in [3.05, 3.63) is 123 Å². The van der Waals surface area contributed by atoms with Crippen molar-refractivity contribution in [2.75, 3.05) is 0 Å². The average molecular weight is 415 g/mol. The van der Waals surface area contributed by atoms with Gasteiger partial charge in [0, 0.05) is 25.5 Å². The van der Waals surface area contributed by atoms with Gasteiger partial charge in [-0.2, -0.15) is 4.57 Å². The lowest BCUT2D eigenvalue weighted by Crippen LogP contribution is -2.59. The van der Waals surface area contributed by atoms with E-state index in [1.807, 2.05) is 0 Å². The molecule has 2 heterocycles. The highest BCUT2D eigenvalue weighted by Gasteiger charge is 2.51. The Morgan fingerprint density at radius 2 is 1.53 bits per heavy atom. The molecule has 156 valence electrons. The van der Waals surface area contributed by atoms with Crippen molar-refractivity contribution >= 4 is 0 Å². The van der Waals surface area contributed by atoms with Gasteiger partial charge in [-0.3, -0.25) is 0 Å². The Balaban J connectivity index is 1.59. The molecular formula is C31H28N+. The molecule has 1 aliphatic heterocycles. The number of hydrogen-bond donors (Lipinski definition) is 0. The molecule has 0 saturated heterocycles. The van der Waals surface area contributed by atoms with Gasteiger partial charge in [-0.05, 0) is 82.8 Å². The second-order valence-corrected chi connectivity index (χ2v) is 10.4. The van der Waals surface area contributed by atoms with E-state index >= 15 is 0 Å². The summed E-state index contributed by atoms with van der Waals surface area (Å²) in [4.78, 5) is 0. The van der Waals surface area contributed by atoms with Crippen LogP contribution in [0.2, 0.25) is 0 Å². The van der Waals surface area contributed by atoms with E-state index in [1.165, 1.54) is 50.2 Å². The summed E-state index contributed by atoms with van der Waals surface area (Å²) >= 11 is 0. The van der Waals surface area contributed by atoms with E-state index in [0.29, 0.717) is 5.92 Å². The molecule has 0 bridgehead atoms. The van der Waals surface area contributed by atoms with E-state index in [4.69, 9.17) is 0 Å². The third-order valence-electron chi connectivity index (χ3n) is 8.39. The lowest BCUT2D eigenvalue weighted by atomic mass is 9.72. The Morgan fingerprint density at radius 3 is 2.31 bits per heavy atom. The van der Waals surface area contributed by atoms with Crippen LogP contribution in [-0.4, -0.2) is 0 Å². The molecular weight excluding hydrogens is 386 g/mol. The van der Waals surface area contributed by atoms with E-state index in [1.54, 1.807) is 16.7 Å². The minimum Gasteiger partial charge on any atom is -0.192 e. The molecule has 4 aromatic rings. The fourth-order valence-electron chi connectivity index (χ4n) is 7.09. The van der Waals surface area contributed by atoms with Crippen LogP contribution in [-0.2, 0) is 18.4 Å². The van der Waals surface area contributed by atoms with Crippen LogP contribution in [0.4, 0.5) is 0 Å². The van der Waals surface area contributed by atoms with Crippen molar-refractivity contribution in [1.82, 2.24) is 0 Å². The normalized spacial score (nSPS) is 18.3. The average Bonchev–Trinajstić information content (AvgIpc) is 3.11. The molecule has 1 aromatic heterocycles. The van der Waals surface area contributed by atoms with Gasteiger partial charge in [0.2, 0.25) is 5.69 Å². The molecule has 3 aromatic carbocycles. The topological polar surface area (TPSA) is 3.88 Å². The molecule has 1 heteroatoms. The summed E-state index contributed by atoms with van der Waals surface area (Å²) < 4.78 is 2.57. The van der Waals surface area contributed by atoms with Gasteiger partial charge in [-0.15, -0.1) is 0 Å². The molecule has 32 heavy (non-hydrogen) atoms. The third-order valence-corrected chi connectivity index (χ3v) is 8.39. The maximum Gasteiger partial charge on any atom is 0.202 e. The largest absolute Gasteiger partial charge is 0.202 e. The first-order chi connectivity index (χ1) is 15.5. The van der Waals surface area contributed by atoms with Crippen LogP contribution in [0.15, 0.2) is 66.9 Å². The van der Waals surface area contributed by atoms with E-state index in [-0.39, 0.29) is 5.54 Å². The minimum atomic E-state index is -0.0632. The predicted molar refractivity (Wildman–Crippen MR) is 129 cm³/mol. The number of rotatable bonds is 0. The van der Waals surface area contributed by atoms with E-state index in [9.17, 15) is 0 Å². The van der Waals surface area contributed by atoms with Crippen LogP contribution >= 0.6 is 0 Å². The van der Waals surface area contributed by atoms with Crippen molar-refractivity contribution in [3.63, 3.8) is 0 Å². The summed E-state index contributed by atoms with van der Waals surface area (Å²) in [5, 5.41) is 0. The molecule has 0 amide bonds. The van der Waals surface area contributed by atoms with E-state index in [2.05, 4.69) is 99.1 Å². The first kappa shape index (κ1) is 18.4. The van der Waals surface area contributed by atoms with Gasteiger partial charge in [-0.25, -0.2) is 0 Å². The van der Waals surface area contributed by atoms with Crippen LogP contribution in [0.3, 0.4) is 0 Å². The van der Waals surface area contributed by atoms with Gasteiger partial charge in [0.1, 0.15) is 0 Å². The standard InChI is InChI=1S/C31H28N/c1-18-9-7-12-23-28-27-25(22-13-8-14-32(30(22)28)31(3,4)29(18)23)15-19(2)24-16-20-10-5-6-11-21(20)17-26(24)27/h5-15,28H,16-17H2,1-4H3/q+1. The second-order valence-electron chi connectivity index (χ2n) is 10.4. The van der Waals surface area contributed by atoms with Gasteiger partial charge in [-0.1, -0.05) is 48.5 Å². The Hall–Kier alpha value is -3.19. The van der Waals surface area contributed by atoms with Gasteiger partial charge < -0.3 is 0 Å². The molecule has 2 aliphatic carbocycles. The van der Waals surface area contributed by atoms with Crippen LogP contribution in [0, 0.1) is 13.8 Å². The molecule has 1 unspecified atom stereocenters. The summed E-state index contributed by atoms with van der Waals surface area (Å²) in [6.07, 6.45) is 4.41. The molecule has 1 nitrogen and oxygen atoms in total. The van der Waals surface area contributed by atoms with Crippen LogP contribution < -0.4 is 4.57 Å². The van der Waals surface area contributed by atoms with E-state index in [0.717, 1.165) is 12.8 Å². The number of benzene rings is 3. The molecule has 0 fully saturated rings. The highest BCUT2D eigenvalue weighted by molar-refractivity contribution is 5.82. The number of nitrogens with zero attached hydrogens (tertiary/aromatic N) is 1. The Bertz CT molecular complexity index is 1470. The maximum absolute atomic E-state index is 2.57. The zero-order valence-corrected chi connectivity index (χ0v) is 19.3. The number of aromatic nitrogens is 1. The lowest BCUT2D eigenvalue weighted by molar-refractivity contribution is -0.755. The van der Waals surface area contributed by atoms with Crippen molar-refractivity contribution in [1.29, 1.82) is 0 Å². The summed E-state index contributed by atoms with van der Waals surface area (Å²) in [6, 6.07) is 23.1. The second kappa shape index (κ2) is 5.98. The van der Waals surface area contributed by atoms with Crippen molar-refractivity contribution in [2.45, 2.75) is 52.0 Å². The number of fused-ring (bicyclic) bond motifs is 8. The highest BCUT2D eigenvalue weighted by atomic mass is 15.1. The van der Waals surface area contributed by atoms with Gasteiger partial charge in [0.05, 0.1) is 11.5 Å². The van der Waals surface area contributed by atoms with Crippen LogP contribution in [0.1, 0.15) is 75.5 Å². The summed E-state index contributed by atoms with van der Waals surface area (Å²) in [6.45, 7) is 9.37. The third kappa shape index (κ3) is 2.12. The van der Waals surface area contributed by atoms with Crippen molar-refractivity contribution in [3.8, 4) is 11.1 Å². The number of pyridine rings is 1. The number of hydrogen-bond acceptors (Lipinski definition) is 0. The Kier molecular flexibility index (Phi) is 3.44.